The van der Waals surface area contributed by atoms with E-state index in [0.29, 0.717) is 16.0 Å². The predicted molar refractivity (Wildman–Crippen MR) is 70.6 cm³/mol. The fourth-order valence-corrected chi connectivity index (χ4v) is 2.31. The van der Waals surface area contributed by atoms with Crippen LogP contribution in [0.5, 0.6) is 0 Å². The largest absolute Gasteiger partial charge is 0.252 e. The van der Waals surface area contributed by atoms with E-state index in [9.17, 15) is 0 Å². The Hall–Kier alpha value is -0.790. The maximum Gasteiger partial charge on any atom is 0.0764 e. The highest BCUT2D eigenvalue weighted by molar-refractivity contribution is 6.42. The van der Waals surface area contributed by atoms with E-state index in [4.69, 9.17) is 23.2 Å². The van der Waals surface area contributed by atoms with Crippen LogP contribution in [-0.2, 0) is 0 Å². The van der Waals surface area contributed by atoms with Crippen LogP contribution in [0.25, 0.3) is 10.9 Å². The molecule has 0 aliphatic rings. The zero-order valence-electron chi connectivity index (χ0n) is 9.51. The first kappa shape index (κ1) is 11.7. The van der Waals surface area contributed by atoms with Crippen molar-refractivity contribution in [1.82, 2.24) is 4.98 Å². The predicted octanol–water partition coefficient (Wildman–Crippen LogP) is 4.97. The average Bonchev–Trinajstić information content (AvgIpc) is 2.22. The molecule has 0 bridgehead atoms. The Kier molecular flexibility index (Phi) is 3.09. The Morgan fingerprint density at radius 3 is 2.44 bits per heavy atom. The maximum atomic E-state index is 6.26. The van der Waals surface area contributed by atoms with Gasteiger partial charge < -0.3 is 0 Å². The van der Waals surface area contributed by atoms with Gasteiger partial charge in [0.25, 0.3) is 0 Å². The minimum Gasteiger partial charge on any atom is -0.252 e. The van der Waals surface area contributed by atoms with Crippen molar-refractivity contribution in [3.63, 3.8) is 0 Å². The zero-order chi connectivity index (χ0) is 11.9. The summed E-state index contributed by atoms with van der Waals surface area (Å²) in [6.45, 7) is 6.22. The van der Waals surface area contributed by atoms with Gasteiger partial charge in [0.2, 0.25) is 0 Å². The van der Waals surface area contributed by atoms with Crippen molar-refractivity contribution in [1.29, 1.82) is 0 Å². The van der Waals surface area contributed by atoms with Gasteiger partial charge >= 0.3 is 0 Å². The second-order valence-corrected chi connectivity index (χ2v) is 5.09. The number of nitrogens with zero attached hydrogens (tertiary/aromatic N) is 1. The highest BCUT2D eigenvalue weighted by Crippen LogP contribution is 2.33. The zero-order valence-corrected chi connectivity index (χ0v) is 11.0. The van der Waals surface area contributed by atoms with Gasteiger partial charge in [0.05, 0.1) is 15.6 Å². The summed E-state index contributed by atoms with van der Waals surface area (Å²) < 4.78 is 0. The number of hydrogen-bond donors (Lipinski definition) is 0. The smallest absolute Gasteiger partial charge is 0.0764 e. The van der Waals surface area contributed by atoms with Gasteiger partial charge in [-0.3, -0.25) is 4.98 Å². The normalized spacial score (nSPS) is 11.4. The number of halogens is 2. The van der Waals surface area contributed by atoms with Crippen LogP contribution >= 0.6 is 23.2 Å². The van der Waals surface area contributed by atoms with E-state index in [2.05, 4.69) is 18.8 Å². The molecule has 2 rings (SSSR count). The molecule has 0 radical (unpaired) electrons. The van der Waals surface area contributed by atoms with E-state index >= 15 is 0 Å². The van der Waals surface area contributed by atoms with Gasteiger partial charge in [0, 0.05) is 11.1 Å². The molecule has 0 amide bonds. The molecule has 1 nitrogen and oxygen atoms in total. The van der Waals surface area contributed by atoms with Gasteiger partial charge in [-0.25, -0.2) is 0 Å². The number of hydrogen-bond acceptors (Lipinski definition) is 1. The molecule has 0 saturated heterocycles. The molecule has 0 atom stereocenters. The van der Waals surface area contributed by atoms with E-state index < -0.39 is 0 Å². The van der Waals surface area contributed by atoms with Crippen LogP contribution in [0.1, 0.15) is 31.0 Å². The summed E-state index contributed by atoms with van der Waals surface area (Å²) in [5, 5.41) is 2.20. The molecule has 0 aliphatic carbocycles. The molecular weight excluding hydrogens is 241 g/mol. The molecule has 1 heterocycles. The lowest BCUT2D eigenvalue weighted by molar-refractivity contribution is 0.829. The summed E-state index contributed by atoms with van der Waals surface area (Å²) in [5.41, 5.74) is 3.01. The van der Waals surface area contributed by atoms with E-state index in [1.165, 1.54) is 0 Å². The standard InChI is InChI=1S/C13H13Cl2N/c1-7(2)11-6-10(15)12-9(14)5-4-8(3)13(12)16-11/h4-7H,1-3H3. The van der Waals surface area contributed by atoms with Crippen molar-refractivity contribution in [3.05, 3.63) is 39.5 Å². The van der Waals surface area contributed by atoms with Crippen molar-refractivity contribution in [2.24, 2.45) is 0 Å². The first-order valence-corrected chi connectivity index (χ1v) is 6.01. The Labute approximate surface area is 105 Å². The number of rotatable bonds is 1. The minimum atomic E-state index is 0.361. The third-order valence-electron chi connectivity index (χ3n) is 2.67. The highest BCUT2D eigenvalue weighted by Gasteiger charge is 2.11. The Morgan fingerprint density at radius 2 is 1.81 bits per heavy atom. The molecule has 3 heteroatoms. The number of pyridine rings is 1. The lowest BCUT2D eigenvalue weighted by Crippen LogP contribution is -1.95. The first-order valence-electron chi connectivity index (χ1n) is 5.26. The monoisotopic (exact) mass is 253 g/mol. The third kappa shape index (κ3) is 1.90. The summed E-state index contributed by atoms with van der Waals surface area (Å²) in [6, 6.07) is 5.74. The summed E-state index contributed by atoms with van der Waals surface area (Å²) in [7, 11) is 0. The highest BCUT2D eigenvalue weighted by atomic mass is 35.5. The fraction of sp³-hybridized carbons (Fsp3) is 0.308. The van der Waals surface area contributed by atoms with Crippen LogP contribution in [0.15, 0.2) is 18.2 Å². The quantitative estimate of drug-likeness (QED) is 0.699. The van der Waals surface area contributed by atoms with E-state index in [1.807, 2.05) is 25.1 Å². The fourth-order valence-electron chi connectivity index (χ4n) is 1.70. The minimum absolute atomic E-state index is 0.361. The van der Waals surface area contributed by atoms with Gasteiger partial charge in [-0.2, -0.15) is 0 Å². The summed E-state index contributed by atoms with van der Waals surface area (Å²) >= 11 is 12.4. The van der Waals surface area contributed by atoms with Crippen molar-refractivity contribution < 1.29 is 0 Å². The second kappa shape index (κ2) is 4.23. The van der Waals surface area contributed by atoms with Gasteiger partial charge in [-0.1, -0.05) is 43.1 Å². The van der Waals surface area contributed by atoms with Crippen LogP contribution in [0.3, 0.4) is 0 Å². The number of aryl methyl sites for hydroxylation is 1. The van der Waals surface area contributed by atoms with Gasteiger partial charge in [0.15, 0.2) is 0 Å². The summed E-state index contributed by atoms with van der Waals surface area (Å²) in [4.78, 5) is 4.63. The molecule has 0 N–H and O–H groups in total. The maximum absolute atomic E-state index is 6.26. The Morgan fingerprint density at radius 1 is 1.12 bits per heavy atom. The van der Waals surface area contributed by atoms with Crippen molar-refractivity contribution in [2.75, 3.05) is 0 Å². The van der Waals surface area contributed by atoms with Crippen LogP contribution < -0.4 is 0 Å². The van der Waals surface area contributed by atoms with E-state index in [1.54, 1.807) is 0 Å². The van der Waals surface area contributed by atoms with Gasteiger partial charge in [0.1, 0.15) is 0 Å². The molecule has 84 valence electrons. The van der Waals surface area contributed by atoms with Crippen molar-refractivity contribution in [2.45, 2.75) is 26.7 Å². The Bertz CT molecular complexity index is 547. The summed E-state index contributed by atoms with van der Waals surface area (Å²) in [6.07, 6.45) is 0. The molecule has 2 aromatic rings. The molecular formula is C13H13Cl2N. The summed E-state index contributed by atoms with van der Waals surface area (Å²) in [5.74, 6) is 0.361. The average molecular weight is 254 g/mol. The van der Waals surface area contributed by atoms with Crippen LogP contribution in [0.2, 0.25) is 10.0 Å². The lowest BCUT2D eigenvalue weighted by Gasteiger charge is -2.10. The van der Waals surface area contributed by atoms with Crippen LogP contribution in [-0.4, -0.2) is 4.98 Å². The molecule has 0 spiro atoms. The molecule has 0 saturated carbocycles. The third-order valence-corrected chi connectivity index (χ3v) is 3.29. The number of aromatic nitrogens is 1. The number of benzene rings is 1. The van der Waals surface area contributed by atoms with Crippen LogP contribution in [0.4, 0.5) is 0 Å². The molecule has 0 aliphatic heterocycles. The van der Waals surface area contributed by atoms with Crippen LogP contribution in [0, 0.1) is 6.92 Å². The molecule has 16 heavy (non-hydrogen) atoms. The molecule has 1 aromatic heterocycles. The Balaban J connectivity index is 2.86. The molecule has 1 aromatic carbocycles. The van der Waals surface area contributed by atoms with Gasteiger partial charge in [-0.05, 0) is 30.5 Å². The van der Waals surface area contributed by atoms with E-state index in [-0.39, 0.29) is 0 Å². The van der Waals surface area contributed by atoms with Gasteiger partial charge in [-0.15, -0.1) is 0 Å². The van der Waals surface area contributed by atoms with E-state index in [0.717, 1.165) is 22.2 Å². The first-order chi connectivity index (χ1) is 7.50. The second-order valence-electron chi connectivity index (χ2n) is 4.27. The SMILES string of the molecule is Cc1ccc(Cl)c2c(Cl)cc(C(C)C)nc12. The topological polar surface area (TPSA) is 12.9 Å². The molecule has 0 fully saturated rings. The lowest BCUT2D eigenvalue weighted by atomic mass is 10.1. The van der Waals surface area contributed by atoms with Crippen molar-refractivity contribution >= 4 is 34.1 Å². The van der Waals surface area contributed by atoms with Crippen molar-refractivity contribution in [3.8, 4) is 0 Å². The molecule has 0 unspecified atom stereocenters. The number of fused-ring (bicyclic) bond motifs is 1.